The van der Waals surface area contributed by atoms with Gasteiger partial charge in [-0.15, -0.1) is 5.10 Å². The van der Waals surface area contributed by atoms with Gasteiger partial charge in [-0.25, -0.2) is 18.1 Å². The Bertz CT molecular complexity index is 1350. The Morgan fingerprint density at radius 3 is 2.36 bits per heavy atom. The quantitative estimate of drug-likeness (QED) is 0.553. The third-order valence-corrected chi connectivity index (χ3v) is 4.54. The van der Waals surface area contributed by atoms with E-state index in [1.807, 2.05) is 0 Å². The number of nitrogens with two attached hydrogens (primary N) is 1. The molecule has 8 nitrogen and oxygen atoms in total. The van der Waals surface area contributed by atoms with E-state index >= 15 is 0 Å². The van der Waals surface area contributed by atoms with Gasteiger partial charge in [0.15, 0.2) is 0 Å². The summed E-state index contributed by atoms with van der Waals surface area (Å²) in [5, 5.41) is 3.75. The van der Waals surface area contributed by atoms with E-state index in [0.717, 1.165) is 31.4 Å². The minimum Gasteiger partial charge on any atom is -0.476 e. The number of alkyl halides is 3. The molecular weight excluding hydrogens is 455 g/mol. The number of methoxy groups -OCH3 is 1. The topological polar surface area (TPSA) is 109 Å². The van der Waals surface area contributed by atoms with Crippen LogP contribution in [-0.4, -0.2) is 27.4 Å². The smallest absolute Gasteiger partial charge is 0.419 e. The van der Waals surface area contributed by atoms with Crippen molar-refractivity contribution in [3.05, 3.63) is 85.6 Å². The molecule has 0 aliphatic rings. The summed E-state index contributed by atoms with van der Waals surface area (Å²) in [6.07, 6.45) is -5.48. The molecule has 33 heavy (non-hydrogen) atoms. The molecule has 1 heterocycles. The SMILES string of the molecule is COc1nn(-c2ccc(F)c(CC(N)=O)c2)c(=O)n(Cc2ccc(F)c(C(F)(F)F)c2)c1=O. The Kier molecular flexibility index (Phi) is 6.33. The zero-order valence-electron chi connectivity index (χ0n) is 16.8. The van der Waals surface area contributed by atoms with Crippen molar-refractivity contribution < 1.29 is 31.5 Å². The lowest BCUT2D eigenvalue weighted by Gasteiger charge is -2.14. The third kappa shape index (κ3) is 4.91. The van der Waals surface area contributed by atoms with Crippen molar-refractivity contribution in [3.63, 3.8) is 0 Å². The number of carbonyl (C=O) groups is 1. The van der Waals surface area contributed by atoms with Crippen molar-refractivity contribution >= 4 is 5.91 Å². The average Bonchev–Trinajstić information content (AvgIpc) is 2.73. The first-order valence-corrected chi connectivity index (χ1v) is 9.13. The van der Waals surface area contributed by atoms with Gasteiger partial charge in [0, 0.05) is 0 Å². The number of ether oxygens (including phenoxy) is 1. The van der Waals surface area contributed by atoms with E-state index in [-0.39, 0.29) is 16.8 Å². The summed E-state index contributed by atoms with van der Waals surface area (Å²) in [6, 6.07) is 5.19. The molecule has 1 aromatic heterocycles. The number of nitrogens with zero attached hydrogens (tertiary/aromatic N) is 3. The van der Waals surface area contributed by atoms with Gasteiger partial charge < -0.3 is 10.5 Å². The maximum atomic E-state index is 14.0. The number of hydrogen-bond acceptors (Lipinski definition) is 5. The molecule has 0 spiro atoms. The Morgan fingerprint density at radius 1 is 1.09 bits per heavy atom. The van der Waals surface area contributed by atoms with Crippen molar-refractivity contribution in [2.75, 3.05) is 7.11 Å². The Balaban J connectivity index is 2.16. The summed E-state index contributed by atoms with van der Waals surface area (Å²) >= 11 is 0. The number of amides is 1. The highest BCUT2D eigenvalue weighted by atomic mass is 19.4. The van der Waals surface area contributed by atoms with Gasteiger partial charge in [0.2, 0.25) is 5.91 Å². The summed E-state index contributed by atoms with van der Waals surface area (Å²) in [4.78, 5) is 36.7. The Labute approximate surface area is 181 Å². The monoisotopic (exact) mass is 470 g/mol. The lowest BCUT2D eigenvalue weighted by atomic mass is 10.1. The minimum atomic E-state index is -4.99. The molecular formula is C20H15F5N4O4. The zero-order valence-corrected chi connectivity index (χ0v) is 16.8. The first-order chi connectivity index (χ1) is 15.4. The Morgan fingerprint density at radius 2 is 1.76 bits per heavy atom. The van der Waals surface area contributed by atoms with Crippen LogP contribution in [0.15, 0.2) is 46.0 Å². The Hall–Kier alpha value is -4.03. The first-order valence-electron chi connectivity index (χ1n) is 9.13. The van der Waals surface area contributed by atoms with Crippen LogP contribution >= 0.6 is 0 Å². The molecule has 13 heteroatoms. The molecule has 3 aromatic rings. The molecule has 0 fully saturated rings. The van der Waals surface area contributed by atoms with E-state index in [1.54, 1.807) is 0 Å². The number of aromatic nitrogens is 3. The van der Waals surface area contributed by atoms with E-state index in [2.05, 4.69) is 5.10 Å². The van der Waals surface area contributed by atoms with Gasteiger partial charge in [0.25, 0.3) is 5.88 Å². The summed E-state index contributed by atoms with van der Waals surface area (Å²) in [5.74, 6) is -3.73. The maximum absolute atomic E-state index is 14.0. The highest BCUT2D eigenvalue weighted by Gasteiger charge is 2.34. The molecule has 0 unspecified atom stereocenters. The fourth-order valence-electron chi connectivity index (χ4n) is 3.02. The summed E-state index contributed by atoms with van der Waals surface area (Å²) in [5.41, 5.74) is 0.931. The van der Waals surface area contributed by atoms with Crippen molar-refractivity contribution in [1.82, 2.24) is 14.3 Å². The fourth-order valence-corrected chi connectivity index (χ4v) is 3.02. The summed E-state index contributed by atoms with van der Waals surface area (Å²) < 4.78 is 72.7. The van der Waals surface area contributed by atoms with Crippen molar-refractivity contribution in [1.29, 1.82) is 0 Å². The molecule has 174 valence electrons. The molecule has 1 amide bonds. The molecule has 0 saturated heterocycles. The van der Waals surface area contributed by atoms with E-state index in [0.29, 0.717) is 21.4 Å². The van der Waals surface area contributed by atoms with Crippen LogP contribution in [0.5, 0.6) is 5.88 Å². The number of halogens is 5. The third-order valence-electron chi connectivity index (χ3n) is 4.54. The van der Waals surface area contributed by atoms with Crippen molar-refractivity contribution in [2.24, 2.45) is 5.73 Å². The van der Waals surface area contributed by atoms with Crippen LogP contribution in [0.2, 0.25) is 0 Å². The van der Waals surface area contributed by atoms with Gasteiger partial charge in [0.1, 0.15) is 11.6 Å². The van der Waals surface area contributed by atoms with E-state index in [1.165, 1.54) is 0 Å². The molecule has 0 radical (unpaired) electrons. The highest BCUT2D eigenvalue weighted by Crippen LogP contribution is 2.32. The molecule has 0 aliphatic carbocycles. The average molecular weight is 470 g/mol. The van der Waals surface area contributed by atoms with Gasteiger partial charge in [0.05, 0.1) is 31.3 Å². The fraction of sp³-hybridized carbons (Fsp3) is 0.200. The summed E-state index contributed by atoms with van der Waals surface area (Å²) in [7, 11) is 1.08. The number of hydrogen-bond donors (Lipinski definition) is 1. The van der Waals surface area contributed by atoms with Crippen molar-refractivity contribution in [3.8, 4) is 11.6 Å². The van der Waals surface area contributed by atoms with Crippen molar-refractivity contribution in [2.45, 2.75) is 19.1 Å². The normalized spacial score (nSPS) is 11.5. The van der Waals surface area contributed by atoms with Crippen LogP contribution in [0.25, 0.3) is 5.69 Å². The van der Waals surface area contributed by atoms with Gasteiger partial charge in [-0.1, -0.05) is 6.07 Å². The van der Waals surface area contributed by atoms with Gasteiger partial charge in [-0.05, 0) is 41.5 Å². The molecule has 0 bridgehead atoms. The van der Waals surface area contributed by atoms with Crippen LogP contribution in [0.3, 0.4) is 0 Å². The van der Waals surface area contributed by atoms with E-state index in [4.69, 9.17) is 10.5 Å². The number of benzene rings is 2. The van der Waals surface area contributed by atoms with Crippen LogP contribution in [0, 0.1) is 11.6 Å². The highest BCUT2D eigenvalue weighted by molar-refractivity contribution is 5.76. The van der Waals surface area contributed by atoms with Crippen LogP contribution in [0.1, 0.15) is 16.7 Å². The molecule has 0 saturated carbocycles. The largest absolute Gasteiger partial charge is 0.476 e. The lowest BCUT2D eigenvalue weighted by molar-refractivity contribution is -0.140. The number of rotatable bonds is 6. The molecule has 2 N–H and O–H groups in total. The predicted octanol–water partition coefficient (Wildman–Crippen LogP) is 1.78. The molecule has 2 aromatic carbocycles. The van der Waals surface area contributed by atoms with Crippen LogP contribution < -0.4 is 21.7 Å². The molecule has 0 aliphatic heterocycles. The zero-order chi connectivity index (χ0) is 24.5. The van der Waals surface area contributed by atoms with Gasteiger partial charge >= 0.3 is 17.4 Å². The van der Waals surface area contributed by atoms with Gasteiger partial charge in [-0.2, -0.15) is 17.9 Å². The van der Waals surface area contributed by atoms with Gasteiger partial charge in [-0.3, -0.25) is 9.59 Å². The van der Waals surface area contributed by atoms with E-state index < -0.39 is 59.4 Å². The summed E-state index contributed by atoms with van der Waals surface area (Å²) in [6.45, 7) is -0.671. The second-order valence-corrected chi connectivity index (χ2v) is 6.83. The van der Waals surface area contributed by atoms with E-state index in [9.17, 15) is 36.3 Å². The second kappa shape index (κ2) is 8.84. The first kappa shape index (κ1) is 23.6. The molecule has 3 rings (SSSR count). The van der Waals surface area contributed by atoms with Crippen LogP contribution in [-0.2, 0) is 23.9 Å². The number of primary amides is 1. The molecule has 0 atom stereocenters. The second-order valence-electron chi connectivity index (χ2n) is 6.83. The standard InChI is InChI=1S/C20H15F5N4O4/c1-33-17-18(31)28(9-10-2-4-15(22)13(6-10)20(23,24)25)19(32)29(27-17)12-3-5-14(21)11(7-12)8-16(26)30/h2-7H,8-9H2,1H3,(H2,26,30). The van der Waals surface area contributed by atoms with Crippen LogP contribution in [0.4, 0.5) is 22.0 Å². The maximum Gasteiger partial charge on any atom is 0.419 e. The number of carbonyl (C=O) groups excluding carboxylic acids is 1. The predicted molar refractivity (Wildman–Crippen MR) is 104 cm³/mol. The lowest BCUT2D eigenvalue weighted by Crippen LogP contribution is -2.41. The minimum absolute atomic E-state index is 0.0696.